The molecule has 1 aliphatic rings. The predicted molar refractivity (Wildman–Crippen MR) is 85.5 cm³/mol. The number of methoxy groups -OCH3 is 2. The van der Waals surface area contributed by atoms with Crippen LogP contribution in [0.3, 0.4) is 0 Å². The quantitative estimate of drug-likeness (QED) is 0.691. The lowest BCUT2D eigenvalue weighted by Gasteiger charge is -2.21. The van der Waals surface area contributed by atoms with Gasteiger partial charge in [-0.25, -0.2) is 0 Å². The van der Waals surface area contributed by atoms with Crippen LogP contribution < -0.4 is 0 Å². The molecule has 6 heteroatoms. The van der Waals surface area contributed by atoms with Gasteiger partial charge in [-0.1, -0.05) is 28.1 Å². The number of carbonyl (C=O) groups is 2. The second-order valence-corrected chi connectivity index (χ2v) is 6.25. The van der Waals surface area contributed by atoms with Gasteiger partial charge in [0.2, 0.25) is 5.91 Å². The van der Waals surface area contributed by atoms with Crippen molar-refractivity contribution in [2.75, 3.05) is 33.9 Å². The van der Waals surface area contributed by atoms with Crippen molar-refractivity contribution in [1.82, 2.24) is 4.90 Å². The molecule has 1 saturated carbocycles. The minimum atomic E-state index is -0.413. The Balaban J connectivity index is 2.00. The number of hydrogen-bond acceptors (Lipinski definition) is 4. The number of ether oxygens (including phenoxy) is 2. The van der Waals surface area contributed by atoms with Crippen molar-refractivity contribution in [3.8, 4) is 0 Å². The van der Waals surface area contributed by atoms with Gasteiger partial charge in [-0.3, -0.25) is 9.59 Å². The lowest BCUT2D eigenvalue weighted by molar-refractivity contribution is -0.147. The topological polar surface area (TPSA) is 55.8 Å². The van der Waals surface area contributed by atoms with Crippen LogP contribution in [-0.2, 0) is 19.1 Å². The smallest absolute Gasteiger partial charge is 0.325 e. The molecule has 0 aromatic heterocycles. The van der Waals surface area contributed by atoms with E-state index in [2.05, 4.69) is 20.7 Å². The first-order chi connectivity index (χ1) is 10.6. The Labute approximate surface area is 138 Å². The molecule has 1 aliphatic carbocycles. The fourth-order valence-corrected chi connectivity index (χ4v) is 2.91. The maximum absolute atomic E-state index is 12.6. The average molecular weight is 370 g/mol. The van der Waals surface area contributed by atoms with Crippen molar-refractivity contribution in [1.29, 1.82) is 0 Å². The minimum absolute atomic E-state index is 0.00701. The highest BCUT2D eigenvalue weighted by Crippen LogP contribution is 2.48. The average Bonchev–Trinajstić information content (AvgIpc) is 3.31. The zero-order valence-corrected chi connectivity index (χ0v) is 14.3. The van der Waals surface area contributed by atoms with E-state index in [9.17, 15) is 9.59 Å². The highest BCUT2D eigenvalue weighted by atomic mass is 79.9. The first kappa shape index (κ1) is 17.0. The van der Waals surface area contributed by atoms with E-state index in [1.165, 1.54) is 12.0 Å². The van der Waals surface area contributed by atoms with E-state index in [0.29, 0.717) is 13.2 Å². The summed E-state index contributed by atoms with van der Waals surface area (Å²) in [6.45, 7) is 0.767. The number of hydrogen-bond donors (Lipinski definition) is 0. The van der Waals surface area contributed by atoms with Gasteiger partial charge in [0, 0.05) is 24.0 Å². The highest BCUT2D eigenvalue weighted by molar-refractivity contribution is 9.10. The van der Waals surface area contributed by atoms with Crippen molar-refractivity contribution >= 4 is 27.8 Å². The second-order valence-electron chi connectivity index (χ2n) is 5.33. The van der Waals surface area contributed by atoms with Gasteiger partial charge in [-0.15, -0.1) is 0 Å². The fourth-order valence-electron chi connectivity index (χ4n) is 2.50. The van der Waals surface area contributed by atoms with E-state index < -0.39 is 5.97 Å². The van der Waals surface area contributed by atoms with Crippen LogP contribution in [-0.4, -0.2) is 50.7 Å². The summed E-state index contributed by atoms with van der Waals surface area (Å²) in [7, 11) is 2.89. The molecule has 2 unspecified atom stereocenters. The third-order valence-corrected chi connectivity index (χ3v) is 4.30. The number of esters is 1. The summed E-state index contributed by atoms with van der Waals surface area (Å²) in [5, 5.41) is 0. The van der Waals surface area contributed by atoms with E-state index in [-0.39, 0.29) is 24.3 Å². The van der Waals surface area contributed by atoms with Crippen LogP contribution in [0.15, 0.2) is 28.7 Å². The summed E-state index contributed by atoms with van der Waals surface area (Å²) in [6.07, 6.45) is 0.819. The van der Waals surface area contributed by atoms with Crippen molar-refractivity contribution < 1.29 is 19.1 Å². The van der Waals surface area contributed by atoms with E-state index in [1.807, 2.05) is 24.3 Å². The van der Waals surface area contributed by atoms with Gasteiger partial charge in [0.05, 0.1) is 13.7 Å². The van der Waals surface area contributed by atoms with Gasteiger partial charge in [0.15, 0.2) is 0 Å². The molecule has 1 aromatic rings. The molecular formula is C16H20BrNO4. The first-order valence-electron chi connectivity index (χ1n) is 7.16. The molecule has 2 atom stereocenters. The van der Waals surface area contributed by atoms with Crippen LogP contribution in [0.4, 0.5) is 0 Å². The summed E-state index contributed by atoms with van der Waals surface area (Å²) < 4.78 is 10.7. The summed E-state index contributed by atoms with van der Waals surface area (Å²) in [6, 6.07) is 8.00. The zero-order valence-electron chi connectivity index (χ0n) is 12.8. The molecule has 2 rings (SSSR count). The Morgan fingerprint density at radius 2 is 2.14 bits per heavy atom. The number of halogens is 1. The summed E-state index contributed by atoms with van der Waals surface area (Å²) in [5.74, 6) is -0.250. The second kappa shape index (κ2) is 7.74. The molecule has 22 heavy (non-hydrogen) atoms. The minimum Gasteiger partial charge on any atom is -0.468 e. The molecule has 0 heterocycles. The zero-order chi connectivity index (χ0) is 16.1. The molecule has 1 fully saturated rings. The van der Waals surface area contributed by atoms with E-state index in [4.69, 9.17) is 4.74 Å². The Morgan fingerprint density at radius 3 is 2.77 bits per heavy atom. The van der Waals surface area contributed by atoms with Crippen LogP contribution in [0, 0.1) is 5.92 Å². The normalized spacial score (nSPS) is 19.6. The standard InChI is InChI=1S/C16H20BrNO4/c1-21-7-6-18(10-15(19)22-2)16(20)14-9-13(14)11-4-3-5-12(17)8-11/h3-5,8,13-14H,6-7,9-10H2,1-2H3. The Morgan fingerprint density at radius 1 is 1.36 bits per heavy atom. The Kier molecular flexibility index (Phi) is 5.97. The van der Waals surface area contributed by atoms with Gasteiger partial charge in [0.1, 0.15) is 6.54 Å². The molecule has 0 bridgehead atoms. The highest BCUT2D eigenvalue weighted by Gasteiger charge is 2.46. The fraction of sp³-hybridized carbons (Fsp3) is 0.500. The number of rotatable bonds is 7. The van der Waals surface area contributed by atoms with Gasteiger partial charge in [-0.05, 0) is 30.0 Å². The molecule has 120 valence electrons. The third kappa shape index (κ3) is 4.30. The molecule has 0 radical (unpaired) electrons. The summed E-state index contributed by atoms with van der Waals surface area (Å²) in [5.41, 5.74) is 1.15. The maximum Gasteiger partial charge on any atom is 0.325 e. The van der Waals surface area contributed by atoms with Crippen LogP contribution in [0.5, 0.6) is 0 Å². The van der Waals surface area contributed by atoms with Crippen molar-refractivity contribution in [2.24, 2.45) is 5.92 Å². The number of benzene rings is 1. The van der Waals surface area contributed by atoms with Crippen LogP contribution >= 0.6 is 15.9 Å². The SMILES string of the molecule is COCCN(CC(=O)OC)C(=O)C1CC1c1cccc(Br)c1. The van der Waals surface area contributed by atoms with Crippen LogP contribution in [0.2, 0.25) is 0 Å². The molecule has 0 spiro atoms. The third-order valence-electron chi connectivity index (χ3n) is 3.81. The van der Waals surface area contributed by atoms with E-state index >= 15 is 0 Å². The molecular weight excluding hydrogens is 350 g/mol. The van der Waals surface area contributed by atoms with Crippen molar-refractivity contribution in [3.05, 3.63) is 34.3 Å². The lowest BCUT2D eigenvalue weighted by Crippen LogP contribution is -2.39. The maximum atomic E-state index is 12.6. The molecule has 0 saturated heterocycles. The predicted octanol–water partition coefficient (Wildman–Crippen LogP) is 2.20. The van der Waals surface area contributed by atoms with Gasteiger partial charge >= 0.3 is 5.97 Å². The number of amides is 1. The molecule has 1 amide bonds. The molecule has 0 N–H and O–H groups in total. The molecule has 0 aliphatic heterocycles. The van der Waals surface area contributed by atoms with Gasteiger partial charge in [-0.2, -0.15) is 0 Å². The van der Waals surface area contributed by atoms with E-state index in [1.54, 1.807) is 7.11 Å². The number of carbonyl (C=O) groups excluding carboxylic acids is 2. The van der Waals surface area contributed by atoms with Crippen molar-refractivity contribution in [2.45, 2.75) is 12.3 Å². The van der Waals surface area contributed by atoms with E-state index in [0.717, 1.165) is 16.5 Å². The van der Waals surface area contributed by atoms with Gasteiger partial charge < -0.3 is 14.4 Å². The largest absolute Gasteiger partial charge is 0.468 e. The molecule has 1 aromatic carbocycles. The van der Waals surface area contributed by atoms with Crippen LogP contribution in [0.25, 0.3) is 0 Å². The Bertz CT molecular complexity index is 549. The first-order valence-corrected chi connectivity index (χ1v) is 7.96. The summed E-state index contributed by atoms with van der Waals surface area (Å²) in [4.78, 5) is 25.6. The molecule has 5 nitrogen and oxygen atoms in total. The van der Waals surface area contributed by atoms with Crippen molar-refractivity contribution in [3.63, 3.8) is 0 Å². The monoisotopic (exact) mass is 369 g/mol. The number of nitrogens with zero attached hydrogens (tertiary/aromatic N) is 1. The van der Waals surface area contributed by atoms with Gasteiger partial charge in [0.25, 0.3) is 0 Å². The summed E-state index contributed by atoms with van der Waals surface area (Å²) >= 11 is 3.45. The lowest BCUT2D eigenvalue weighted by atomic mass is 10.1. The van der Waals surface area contributed by atoms with Crippen LogP contribution in [0.1, 0.15) is 17.9 Å². The Hall–Kier alpha value is -1.40.